The highest BCUT2D eigenvalue weighted by Crippen LogP contribution is 2.40. The third kappa shape index (κ3) is 2.56. The van der Waals surface area contributed by atoms with Crippen LogP contribution < -0.4 is 0 Å². The summed E-state index contributed by atoms with van der Waals surface area (Å²) in [6.45, 7) is 0. The van der Waals surface area contributed by atoms with Gasteiger partial charge in [0.2, 0.25) is 0 Å². The van der Waals surface area contributed by atoms with Gasteiger partial charge >= 0.3 is 0 Å². The van der Waals surface area contributed by atoms with Crippen molar-refractivity contribution in [1.82, 2.24) is 4.57 Å². The fraction of sp³-hybridized carbons (Fsp3) is 0. The lowest BCUT2D eigenvalue weighted by molar-refractivity contribution is 1.18. The summed E-state index contributed by atoms with van der Waals surface area (Å²) in [6, 6.07) is 38.3. The summed E-state index contributed by atoms with van der Waals surface area (Å²) in [6.07, 6.45) is 0. The first-order valence-electron chi connectivity index (χ1n) is 10.1. The van der Waals surface area contributed by atoms with Crippen LogP contribution >= 0.6 is 11.6 Å². The number of hydrogen-bond donors (Lipinski definition) is 0. The first-order chi connectivity index (χ1) is 14.8. The van der Waals surface area contributed by atoms with Crippen LogP contribution in [0.15, 0.2) is 109 Å². The van der Waals surface area contributed by atoms with E-state index in [1.807, 2.05) is 12.1 Å². The molecule has 0 saturated carbocycles. The van der Waals surface area contributed by atoms with Crippen molar-refractivity contribution in [3.63, 3.8) is 0 Å². The van der Waals surface area contributed by atoms with Crippen molar-refractivity contribution in [3.8, 4) is 16.8 Å². The summed E-state index contributed by atoms with van der Waals surface area (Å²) in [5.74, 6) is 0. The molecule has 6 rings (SSSR count). The van der Waals surface area contributed by atoms with Gasteiger partial charge in [0, 0.05) is 21.8 Å². The van der Waals surface area contributed by atoms with E-state index in [0.717, 1.165) is 37.9 Å². The van der Waals surface area contributed by atoms with Gasteiger partial charge in [-0.05, 0) is 40.8 Å². The quantitative estimate of drug-likeness (QED) is 0.274. The van der Waals surface area contributed by atoms with Crippen LogP contribution in [-0.4, -0.2) is 4.57 Å². The molecular formula is C28H18ClN. The van der Waals surface area contributed by atoms with E-state index >= 15 is 0 Å². The number of rotatable bonds is 2. The zero-order chi connectivity index (χ0) is 20.1. The summed E-state index contributed by atoms with van der Waals surface area (Å²) in [5.41, 5.74) is 5.84. The number of fused-ring (bicyclic) bond motifs is 4. The van der Waals surface area contributed by atoms with Crippen LogP contribution in [0, 0.1) is 0 Å². The van der Waals surface area contributed by atoms with Crippen molar-refractivity contribution in [3.05, 3.63) is 114 Å². The number of para-hydroxylation sites is 1. The first kappa shape index (κ1) is 17.3. The van der Waals surface area contributed by atoms with Gasteiger partial charge in [-0.2, -0.15) is 0 Å². The third-order valence-corrected chi connectivity index (χ3v) is 6.22. The maximum Gasteiger partial charge on any atom is 0.0584 e. The van der Waals surface area contributed by atoms with Gasteiger partial charge in [-0.1, -0.05) is 96.5 Å². The molecule has 0 radical (unpaired) electrons. The fourth-order valence-electron chi connectivity index (χ4n) is 4.47. The molecule has 142 valence electrons. The van der Waals surface area contributed by atoms with Crippen LogP contribution in [-0.2, 0) is 0 Å². The summed E-state index contributed by atoms with van der Waals surface area (Å²) in [4.78, 5) is 0. The maximum absolute atomic E-state index is 6.97. The largest absolute Gasteiger partial charge is 0.309 e. The second-order valence-corrected chi connectivity index (χ2v) is 7.95. The number of benzene rings is 5. The van der Waals surface area contributed by atoms with E-state index in [1.165, 1.54) is 16.5 Å². The average Bonchev–Trinajstić information content (AvgIpc) is 3.14. The molecule has 0 saturated heterocycles. The van der Waals surface area contributed by atoms with Crippen molar-refractivity contribution in [2.45, 2.75) is 0 Å². The van der Waals surface area contributed by atoms with Gasteiger partial charge in [0.05, 0.1) is 16.1 Å². The molecule has 2 heteroatoms. The Morgan fingerprint density at radius 1 is 0.533 bits per heavy atom. The summed E-state index contributed by atoms with van der Waals surface area (Å²) >= 11 is 6.97. The molecule has 0 aliphatic carbocycles. The van der Waals surface area contributed by atoms with Gasteiger partial charge in [-0.3, -0.25) is 0 Å². The Morgan fingerprint density at radius 2 is 1.23 bits per heavy atom. The lowest BCUT2D eigenvalue weighted by Gasteiger charge is -2.11. The van der Waals surface area contributed by atoms with Crippen LogP contribution in [0.2, 0.25) is 5.02 Å². The van der Waals surface area contributed by atoms with Gasteiger partial charge in [-0.15, -0.1) is 0 Å². The standard InChI is InChI=1S/C28H18ClN/c29-28-23-14-5-4-11-21(23)18-26-27(28)24-15-6-7-16-25(24)30(26)22-13-8-12-20(17-22)19-9-2-1-3-10-19/h1-18H. The minimum atomic E-state index is 0.817. The second kappa shape index (κ2) is 6.76. The van der Waals surface area contributed by atoms with Gasteiger partial charge in [0.15, 0.2) is 0 Å². The van der Waals surface area contributed by atoms with E-state index in [2.05, 4.69) is 102 Å². The van der Waals surface area contributed by atoms with Gasteiger partial charge in [0.1, 0.15) is 0 Å². The monoisotopic (exact) mass is 403 g/mol. The molecule has 1 aromatic heterocycles. The van der Waals surface area contributed by atoms with Crippen LogP contribution in [0.3, 0.4) is 0 Å². The Bertz CT molecular complexity index is 1540. The van der Waals surface area contributed by atoms with Crippen LogP contribution in [0.25, 0.3) is 49.4 Å². The summed E-state index contributed by atoms with van der Waals surface area (Å²) < 4.78 is 2.33. The second-order valence-electron chi connectivity index (χ2n) is 7.57. The van der Waals surface area contributed by atoms with E-state index in [0.29, 0.717) is 0 Å². The number of hydrogen-bond acceptors (Lipinski definition) is 0. The van der Waals surface area contributed by atoms with Crippen molar-refractivity contribution in [1.29, 1.82) is 0 Å². The van der Waals surface area contributed by atoms with Gasteiger partial charge in [0.25, 0.3) is 0 Å². The van der Waals surface area contributed by atoms with Crippen molar-refractivity contribution in [2.24, 2.45) is 0 Å². The Kier molecular flexibility index (Phi) is 3.90. The maximum atomic E-state index is 6.97. The van der Waals surface area contributed by atoms with Gasteiger partial charge < -0.3 is 4.57 Å². The Morgan fingerprint density at radius 3 is 2.10 bits per heavy atom. The molecule has 5 aromatic carbocycles. The van der Waals surface area contributed by atoms with E-state index in [1.54, 1.807) is 0 Å². The zero-order valence-electron chi connectivity index (χ0n) is 16.2. The van der Waals surface area contributed by atoms with E-state index in [-0.39, 0.29) is 0 Å². The van der Waals surface area contributed by atoms with Crippen molar-refractivity contribution >= 4 is 44.2 Å². The highest BCUT2D eigenvalue weighted by molar-refractivity contribution is 6.43. The predicted octanol–water partition coefficient (Wildman–Crippen LogP) is 8.26. The number of halogens is 1. The zero-order valence-corrected chi connectivity index (χ0v) is 17.0. The molecule has 0 aliphatic heterocycles. The average molecular weight is 404 g/mol. The fourth-order valence-corrected chi connectivity index (χ4v) is 4.84. The molecule has 0 atom stereocenters. The summed E-state index contributed by atoms with van der Waals surface area (Å²) in [7, 11) is 0. The van der Waals surface area contributed by atoms with Crippen molar-refractivity contribution in [2.75, 3.05) is 0 Å². The minimum absolute atomic E-state index is 0.817. The molecule has 1 nitrogen and oxygen atoms in total. The Labute approximate surface area is 179 Å². The summed E-state index contributed by atoms with van der Waals surface area (Å²) in [5, 5.41) is 5.34. The van der Waals surface area contributed by atoms with Crippen LogP contribution in [0.5, 0.6) is 0 Å². The van der Waals surface area contributed by atoms with Crippen molar-refractivity contribution < 1.29 is 0 Å². The molecule has 0 fully saturated rings. The highest BCUT2D eigenvalue weighted by atomic mass is 35.5. The molecule has 0 aliphatic rings. The molecule has 0 amide bonds. The molecule has 0 bridgehead atoms. The molecule has 0 spiro atoms. The topological polar surface area (TPSA) is 4.93 Å². The number of aromatic nitrogens is 1. The smallest absolute Gasteiger partial charge is 0.0584 e. The van der Waals surface area contributed by atoms with E-state index in [4.69, 9.17) is 11.6 Å². The molecular weight excluding hydrogens is 386 g/mol. The van der Waals surface area contributed by atoms with Gasteiger partial charge in [-0.25, -0.2) is 0 Å². The minimum Gasteiger partial charge on any atom is -0.309 e. The van der Waals surface area contributed by atoms with Crippen LogP contribution in [0.4, 0.5) is 0 Å². The SMILES string of the molecule is Clc1c2ccccc2cc2c1c1ccccc1n2-c1cccc(-c2ccccc2)c1. The predicted molar refractivity (Wildman–Crippen MR) is 129 cm³/mol. The first-order valence-corrected chi connectivity index (χ1v) is 10.5. The van der Waals surface area contributed by atoms with E-state index < -0.39 is 0 Å². The number of nitrogens with zero attached hydrogens (tertiary/aromatic N) is 1. The Balaban J connectivity index is 1.73. The highest BCUT2D eigenvalue weighted by Gasteiger charge is 2.17. The molecule has 0 unspecified atom stereocenters. The van der Waals surface area contributed by atoms with E-state index in [9.17, 15) is 0 Å². The molecule has 6 aromatic rings. The molecule has 30 heavy (non-hydrogen) atoms. The lowest BCUT2D eigenvalue weighted by Crippen LogP contribution is -1.94. The molecule has 1 heterocycles. The third-order valence-electron chi connectivity index (χ3n) is 5.83. The Hall–Kier alpha value is -3.55. The normalized spacial score (nSPS) is 11.5. The lowest BCUT2D eigenvalue weighted by atomic mass is 10.0. The molecule has 0 N–H and O–H groups in total. The van der Waals surface area contributed by atoms with Crippen LogP contribution in [0.1, 0.15) is 0 Å².